The van der Waals surface area contributed by atoms with Gasteiger partial charge in [-0.1, -0.05) is 90.5 Å². The molecule has 2 N–H and O–H groups in total. The number of hydrogen-bond acceptors (Lipinski definition) is 3. The molecule has 1 unspecified atom stereocenters. The third-order valence-corrected chi connectivity index (χ3v) is 6.65. The van der Waals surface area contributed by atoms with E-state index in [1.165, 1.54) is 0 Å². The highest BCUT2D eigenvalue weighted by Gasteiger charge is 2.30. The highest BCUT2D eigenvalue weighted by Crippen LogP contribution is 2.44. The molecule has 6 heteroatoms. The summed E-state index contributed by atoms with van der Waals surface area (Å²) < 4.78 is 5.53. The minimum atomic E-state index is -1.14. The summed E-state index contributed by atoms with van der Waals surface area (Å²) in [6.45, 7) is 0.121. The Hall–Kier alpha value is -3.83. The van der Waals surface area contributed by atoms with Gasteiger partial charge in [0.25, 0.3) is 0 Å². The Morgan fingerprint density at radius 1 is 0.853 bits per heavy atom. The summed E-state index contributed by atoms with van der Waals surface area (Å²) in [4.78, 5) is 24.6. The number of halogens is 1. The highest BCUT2D eigenvalue weighted by atomic mass is 35.5. The van der Waals surface area contributed by atoms with Crippen molar-refractivity contribution in [3.8, 4) is 11.1 Å². The van der Waals surface area contributed by atoms with Crippen molar-refractivity contribution in [1.29, 1.82) is 0 Å². The van der Waals surface area contributed by atoms with Gasteiger partial charge in [0.15, 0.2) is 0 Å². The van der Waals surface area contributed by atoms with Crippen LogP contribution in [0.25, 0.3) is 21.9 Å². The number of ether oxygens (including phenoxy) is 1. The SMILES string of the molecule is O=C(NC(Cc1ccc(Cl)c2ccccc12)C(=O)O)OCC1c2ccccc2-c2ccccc21. The molecule has 1 atom stereocenters. The summed E-state index contributed by atoms with van der Waals surface area (Å²) in [7, 11) is 0. The monoisotopic (exact) mass is 471 g/mol. The molecule has 0 saturated heterocycles. The van der Waals surface area contributed by atoms with Gasteiger partial charge < -0.3 is 15.2 Å². The van der Waals surface area contributed by atoms with Gasteiger partial charge in [-0.25, -0.2) is 9.59 Å². The van der Waals surface area contributed by atoms with Crippen molar-refractivity contribution in [3.63, 3.8) is 0 Å². The normalized spacial score (nSPS) is 13.2. The molecule has 0 aromatic heterocycles. The third-order valence-electron chi connectivity index (χ3n) is 6.32. The molecule has 4 aromatic carbocycles. The van der Waals surface area contributed by atoms with Crippen LogP contribution in [0.2, 0.25) is 5.02 Å². The summed E-state index contributed by atoms with van der Waals surface area (Å²) in [5.41, 5.74) is 5.24. The first-order chi connectivity index (χ1) is 16.5. The number of fused-ring (bicyclic) bond motifs is 4. The predicted molar refractivity (Wildman–Crippen MR) is 132 cm³/mol. The average molecular weight is 472 g/mol. The molecular formula is C28H22ClNO4. The van der Waals surface area contributed by atoms with E-state index in [1.807, 2.05) is 60.7 Å². The second kappa shape index (κ2) is 9.20. The van der Waals surface area contributed by atoms with Crippen molar-refractivity contribution < 1.29 is 19.4 Å². The summed E-state index contributed by atoms with van der Waals surface area (Å²) in [5, 5.41) is 14.6. The molecule has 0 radical (unpaired) electrons. The second-order valence-electron chi connectivity index (χ2n) is 8.32. The standard InChI is InChI=1S/C28H22ClNO4/c29-25-14-13-17(18-7-1-6-12-23(18)25)15-26(27(31)32)30-28(33)34-16-24-21-10-4-2-8-19(21)20-9-3-5-11-22(20)24/h1-14,24,26H,15-16H2,(H,30,33)(H,31,32). The van der Waals surface area contributed by atoms with Crippen LogP contribution in [0, 0.1) is 0 Å². The Morgan fingerprint density at radius 3 is 2.09 bits per heavy atom. The van der Waals surface area contributed by atoms with E-state index < -0.39 is 18.1 Å². The lowest BCUT2D eigenvalue weighted by Crippen LogP contribution is -2.43. The van der Waals surface area contributed by atoms with Crippen LogP contribution >= 0.6 is 11.6 Å². The lowest BCUT2D eigenvalue weighted by Gasteiger charge is -2.18. The Kier molecular flexibility index (Phi) is 5.95. The number of benzene rings is 4. The predicted octanol–water partition coefficient (Wildman–Crippen LogP) is 6.03. The molecule has 5 nitrogen and oxygen atoms in total. The quantitative estimate of drug-likeness (QED) is 0.360. The van der Waals surface area contributed by atoms with Gasteiger partial charge in [-0.2, -0.15) is 0 Å². The molecule has 1 aliphatic carbocycles. The van der Waals surface area contributed by atoms with E-state index >= 15 is 0 Å². The molecule has 5 rings (SSSR count). The van der Waals surface area contributed by atoms with Crippen LogP contribution in [0.1, 0.15) is 22.6 Å². The average Bonchev–Trinajstić information content (AvgIpc) is 3.18. The van der Waals surface area contributed by atoms with E-state index in [1.54, 1.807) is 12.1 Å². The summed E-state index contributed by atoms with van der Waals surface area (Å²) in [5.74, 6) is -1.23. The van der Waals surface area contributed by atoms with Crippen LogP contribution in [-0.4, -0.2) is 29.8 Å². The first-order valence-corrected chi connectivity index (χ1v) is 11.4. The molecule has 1 aliphatic rings. The van der Waals surface area contributed by atoms with Gasteiger partial charge in [0.2, 0.25) is 0 Å². The number of rotatable bonds is 6. The van der Waals surface area contributed by atoms with Gasteiger partial charge in [-0.05, 0) is 39.3 Å². The van der Waals surface area contributed by atoms with Gasteiger partial charge in [0, 0.05) is 22.7 Å². The van der Waals surface area contributed by atoms with Gasteiger partial charge in [0.1, 0.15) is 12.6 Å². The molecule has 0 saturated carbocycles. The van der Waals surface area contributed by atoms with Gasteiger partial charge in [0.05, 0.1) is 0 Å². The van der Waals surface area contributed by atoms with Gasteiger partial charge >= 0.3 is 12.1 Å². The van der Waals surface area contributed by atoms with Gasteiger partial charge in [-0.3, -0.25) is 0 Å². The minimum Gasteiger partial charge on any atom is -0.480 e. The number of nitrogens with one attached hydrogen (secondary N) is 1. The second-order valence-corrected chi connectivity index (χ2v) is 8.72. The number of carboxylic acid groups (broad SMARTS) is 1. The molecule has 0 fully saturated rings. The molecule has 4 aromatic rings. The Bertz CT molecular complexity index is 1350. The largest absolute Gasteiger partial charge is 0.480 e. The molecular weight excluding hydrogens is 450 g/mol. The smallest absolute Gasteiger partial charge is 0.407 e. The lowest BCUT2D eigenvalue weighted by atomic mass is 9.98. The maximum absolute atomic E-state index is 12.6. The zero-order chi connectivity index (χ0) is 23.7. The van der Waals surface area contributed by atoms with E-state index in [2.05, 4.69) is 17.4 Å². The maximum Gasteiger partial charge on any atom is 0.407 e. The van der Waals surface area contributed by atoms with Crippen molar-refractivity contribution in [2.45, 2.75) is 18.4 Å². The third kappa shape index (κ3) is 4.11. The maximum atomic E-state index is 12.6. The molecule has 1 amide bonds. The number of amides is 1. The first-order valence-electron chi connectivity index (χ1n) is 11.0. The van der Waals surface area contributed by atoms with E-state index in [0.29, 0.717) is 5.02 Å². The van der Waals surface area contributed by atoms with Crippen LogP contribution in [0.4, 0.5) is 4.79 Å². The highest BCUT2D eigenvalue weighted by molar-refractivity contribution is 6.35. The van der Waals surface area contributed by atoms with Crippen molar-refractivity contribution in [2.75, 3.05) is 6.61 Å². The topological polar surface area (TPSA) is 75.6 Å². The molecule has 0 heterocycles. The van der Waals surface area contributed by atoms with Crippen LogP contribution in [0.15, 0.2) is 84.9 Å². The van der Waals surface area contributed by atoms with Gasteiger partial charge in [-0.15, -0.1) is 0 Å². The zero-order valence-corrected chi connectivity index (χ0v) is 19.0. The number of alkyl carbamates (subject to hydrolysis) is 1. The van der Waals surface area contributed by atoms with Crippen LogP contribution in [-0.2, 0) is 16.0 Å². The number of carboxylic acids is 1. The van der Waals surface area contributed by atoms with Crippen molar-refractivity contribution >= 4 is 34.4 Å². The molecule has 170 valence electrons. The Balaban J connectivity index is 1.30. The number of carbonyl (C=O) groups is 2. The summed E-state index contributed by atoms with van der Waals surface area (Å²) >= 11 is 6.28. The van der Waals surface area contributed by atoms with E-state index in [-0.39, 0.29) is 18.9 Å². The van der Waals surface area contributed by atoms with E-state index in [4.69, 9.17) is 16.3 Å². The lowest BCUT2D eigenvalue weighted by molar-refractivity contribution is -0.139. The van der Waals surface area contributed by atoms with Crippen LogP contribution in [0.3, 0.4) is 0 Å². The Morgan fingerprint density at radius 2 is 1.44 bits per heavy atom. The fraction of sp³-hybridized carbons (Fsp3) is 0.143. The van der Waals surface area contributed by atoms with E-state index in [0.717, 1.165) is 38.6 Å². The molecule has 34 heavy (non-hydrogen) atoms. The van der Waals surface area contributed by atoms with Crippen molar-refractivity contribution in [1.82, 2.24) is 5.32 Å². The minimum absolute atomic E-state index is 0.0957. The fourth-order valence-corrected chi connectivity index (χ4v) is 4.93. The Labute approximate surface area is 201 Å². The molecule has 0 spiro atoms. The van der Waals surface area contributed by atoms with Crippen LogP contribution in [0.5, 0.6) is 0 Å². The van der Waals surface area contributed by atoms with Crippen molar-refractivity contribution in [2.24, 2.45) is 0 Å². The van der Waals surface area contributed by atoms with Crippen molar-refractivity contribution in [3.05, 3.63) is 107 Å². The number of hydrogen-bond donors (Lipinski definition) is 2. The van der Waals surface area contributed by atoms with Crippen LogP contribution < -0.4 is 5.32 Å². The number of carbonyl (C=O) groups excluding carboxylic acids is 1. The zero-order valence-electron chi connectivity index (χ0n) is 18.2. The fourth-order valence-electron chi connectivity index (χ4n) is 4.71. The number of aliphatic carboxylic acids is 1. The summed E-state index contributed by atoms with van der Waals surface area (Å²) in [6, 6.07) is 26.0. The molecule has 0 bridgehead atoms. The first kappa shape index (κ1) is 22.0. The van der Waals surface area contributed by atoms with E-state index in [9.17, 15) is 14.7 Å². The summed E-state index contributed by atoms with van der Waals surface area (Å²) in [6.07, 6.45) is -0.649. The molecule has 0 aliphatic heterocycles.